The SMILES string of the molecule is CCCn1ccnc1CC(=O)CS(C)(=O)=O. The Morgan fingerprint density at radius 2 is 2.19 bits per heavy atom. The van der Waals surface area contributed by atoms with Crippen molar-refractivity contribution in [3.05, 3.63) is 18.2 Å². The molecule has 16 heavy (non-hydrogen) atoms. The number of nitrogens with zero attached hydrogens (tertiary/aromatic N) is 2. The predicted molar refractivity (Wildman–Crippen MR) is 60.9 cm³/mol. The molecule has 1 aromatic rings. The molecule has 0 N–H and O–H groups in total. The Kier molecular flexibility index (Phi) is 4.23. The zero-order valence-electron chi connectivity index (χ0n) is 9.51. The lowest BCUT2D eigenvalue weighted by atomic mass is 10.3. The van der Waals surface area contributed by atoms with Crippen LogP contribution in [-0.4, -0.2) is 35.8 Å². The summed E-state index contributed by atoms with van der Waals surface area (Å²) < 4.78 is 23.7. The second-order valence-electron chi connectivity index (χ2n) is 3.82. The van der Waals surface area contributed by atoms with Crippen molar-refractivity contribution in [2.24, 2.45) is 0 Å². The van der Waals surface area contributed by atoms with Crippen molar-refractivity contribution in [3.8, 4) is 0 Å². The van der Waals surface area contributed by atoms with E-state index in [0.717, 1.165) is 19.2 Å². The molecule has 1 rings (SSSR count). The molecule has 1 heterocycles. The van der Waals surface area contributed by atoms with E-state index in [1.807, 2.05) is 11.5 Å². The summed E-state index contributed by atoms with van der Waals surface area (Å²) in [6.07, 6.45) is 5.51. The third-order valence-corrected chi connectivity index (χ3v) is 2.89. The smallest absolute Gasteiger partial charge is 0.155 e. The van der Waals surface area contributed by atoms with Gasteiger partial charge in [0.15, 0.2) is 15.6 Å². The number of carbonyl (C=O) groups excluding carboxylic acids is 1. The molecule has 90 valence electrons. The summed E-state index contributed by atoms with van der Waals surface area (Å²) in [4.78, 5) is 15.5. The summed E-state index contributed by atoms with van der Waals surface area (Å²) in [6.45, 7) is 2.82. The second-order valence-corrected chi connectivity index (χ2v) is 5.96. The van der Waals surface area contributed by atoms with E-state index in [-0.39, 0.29) is 12.2 Å². The van der Waals surface area contributed by atoms with Crippen molar-refractivity contribution >= 4 is 15.6 Å². The van der Waals surface area contributed by atoms with E-state index in [4.69, 9.17) is 0 Å². The Morgan fingerprint density at radius 3 is 2.75 bits per heavy atom. The van der Waals surface area contributed by atoms with E-state index in [0.29, 0.717) is 5.82 Å². The van der Waals surface area contributed by atoms with Crippen LogP contribution in [0.1, 0.15) is 19.2 Å². The Morgan fingerprint density at radius 1 is 1.50 bits per heavy atom. The van der Waals surface area contributed by atoms with Gasteiger partial charge in [-0.3, -0.25) is 4.79 Å². The van der Waals surface area contributed by atoms with Crippen molar-refractivity contribution < 1.29 is 13.2 Å². The lowest BCUT2D eigenvalue weighted by molar-refractivity contribution is -0.116. The minimum Gasteiger partial charge on any atom is -0.335 e. The first kappa shape index (κ1) is 12.9. The van der Waals surface area contributed by atoms with Gasteiger partial charge >= 0.3 is 0 Å². The molecule has 0 bridgehead atoms. The topological polar surface area (TPSA) is 69.0 Å². The third-order valence-electron chi connectivity index (χ3n) is 2.04. The zero-order valence-corrected chi connectivity index (χ0v) is 10.3. The van der Waals surface area contributed by atoms with Gasteiger partial charge in [-0.25, -0.2) is 13.4 Å². The van der Waals surface area contributed by atoms with Crippen LogP contribution in [0.4, 0.5) is 0 Å². The maximum absolute atomic E-state index is 11.5. The van der Waals surface area contributed by atoms with Crippen molar-refractivity contribution in [2.45, 2.75) is 26.3 Å². The molecule has 0 amide bonds. The quantitative estimate of drug-likeness (QED) is 0.728. The summed E-state index contributed by atoms with van der Waals surface area (Å²) in [5.41, 5.74) is 0. The van der Waals surface area contributed by atoms with Gasteiger partial charge in [-0.2, -0.15) is 0 Å². The van der Waals surface area contributed by atoms with E-state index in [1.54, 1.807) is 12.4 Å². The van der Waals surface area contributed by atoms with Gasteiger partial charge in [-0.15, -0.1) is 0 Å². The molecule has 0 aliphatic heterocycles. The fourth-order valence-corrected chi connectivity index (χ4v) is 2.16. The predicted octanol–water partition coefficient (Wildman–Crippen LogP) is 0.449. The Balaban J connectivity index is 2.66. The first-order chi connectivity index (χ1) is 7.42. The highest BCUT2D eigenvalue weighted by Gasteiger charge is 2.14. The monoisotopic (exact) mass is 244 g/mol. The van der Waals surface area contributed by atoms with Gasteiger partial charge in [0.05, 0.1) is 6.42 Å². The van der Waals surface area contributed by atoms with Crippen LogP contribution in [0.15, 0.2) is 12.4 Å². The van der Waals surface area contributed by atoms with E-state index in [2.05, 4.69) is 4.98 Å². The number of hydrogen-bond donors (Lipinski definition) is 0. The van der Waals surface area contributed by atoms with Gasteiger partial charge < -0.3 is 4.57 Å². The molecule has 5 nitrogen and oxygen atoms in total. The van der Waals surface area contributed by atoms with Crippen LogP contribution in [-0.2, 0) is 27.6 Å². The Bertz CT molecular complexity index is 462. The van der Waals surface area contributed by atoms with Crippen LogP contribution in [0.5, 0.6) is 0 Å². The fourth-order valence-electron chi connectivity index (χ4n) is 1.47. The highest BCUT2D eigenvalue weighted by molar-refractivity contribution is 7.91. The number of Topliss-reactive ketones (excluding diaryl/α,β-unsaturated/α-hetero) is 1. The zero-order chi connectivity index (χ0) is 12.2. The molecule has 0 saturated carbocycles. The standard InChI is InChI=1S/C10H16N2O3S/c1-3-5-12-6-4-11-10(12)7-9(13)8-16(2,14)15/h4,6H,3,5,7-8H2,1-2H3. The molecule has 0 saturated heterocycles. The molecule has 0 unspecified atom stereocenters. The number of imidazole rings is 1. The van der Waals surface area contributed by atoms with E-state index in [1.165, 1.54) is 0 Å². The van der Waals surface area contributed by atoms with Crippen molar-refractivity contribution in [2.75, 3.05) is 12.0 Å². The van der Waals surface area contributed by atoms with Crippen LogP contribution in [0, 0.1) is 0 Å². The molecule has 0 aromatic carbocycles. The van der Waals surface area contributed by atoms with Crippen LogP contribution in [0.3, 0.4) is 0 Å². The minimum atomic E-state index is -3.24. The summed E-state index contributed by atoms with van der Waals surface area (Å²) in [5, 5.41) is 0. The average molecular weight is 244 g/mol. The molecule has 0 spiro atoms. The largest absolute Gasteiger partial charge is 0.335 e. The second kappa shape index (κ2) is 5.25. The molecule has 6 heteroatoms. The molecular weight excluding hydrogens is 228 g/mol. The van der Waals surface area contributed by atoms with Crippen molar-refractivity contribution in [1.29, 1.82) is 0 Å². The van der Waals surface area contributed by atoms with Crippen LogP contribution in [0.25, 0.3) is 0 Å². The third kappa shape index (κ3) is 4.14. The first-order valence-corrected chi connectivity index (χ1v) is 7.18. The Labute approximate surface area is 95.4 Å². The molecule has 0 fully saturated rings. The number of rotatable bonds is 6. The number of aromatic nitrogens is 2. The summed E-state index contributed by atoms with van der Waals surface area (Å²) in [5.74, 6) is -0.0898. The lowest BCUT2D eigenvalue weighted by Crippen LogP contribution is -2.18. The number of hydrogen-bond acceptors (Lipinski definition) is 4. The lowest BCUT2D eigenvalue weighted by Gasteiger charge is -2.04. The highest BCUT2D eigenvalue weighted by atomic mass is 32.2. The summed E-state index contributed by atoms with van der Waals surface area (Å²) in [6, 6.07) is 0. The maximum atomic E-state index is 11.5. The number of carbonyl (C=O) groups is 1. The molecule has 0 radical (unpaired) electrons. The van der Waals surface area contributed by atoms with Gasteiger partial charge in [-0.1, -0.05) is 6.92 Å². The van der Waals surface area contributed by atoms with Crippen molar-refractivity contribution in [1.82, 2.24) is 9.55 Å². The van der Waals surface area contributed by atoms with Crippen LogP contribution < -0.4 is 0 Å². The number of aryl methyl sites for hydroxylation is 1. The summed E-state index contributed by atoms with van der Waals surface area (Å²) >= 11 is 0. The number of ketones is 1. The molecule has 0 aliphatic carbocycles. The van der Waals surface area contributed by atoms with Gasteiger partial charge in [0, 0.05) is 25.2 Å². The number of sulfone groups is 1. The van der Waals surface area contributed by atoms with Crippen LogP contribution in [0.2, 0.25) is 0 Å². The van der Waals surface area contributed by atoms with E-state index in [9.17, 15) is 13.2 Å². The minimum absolute atomic E-state index is 0.0834. The average Bonchev–Trinajstić information content (AvgIpc) is 2.50. The van der Waals surface area contributed by atoms with Gasteiger partial charge in [0.2, 0.25) is 0 Å². The Hall–Kier alpha value is -1.17. The van der Waals surface area contributed by atoms with Gasteiger partial charge in [-0.05, 0) is 6.42 Å². The van der Waals surface area contributed by atoms with Gasteiger partial charge in [0.1, 0.15) is 11.6 Å². The first-order valence-electron chi connectivity index (χ1n) is 5.12. The molecular formula is C10H16N2O3S. The maximum Gasteiger partial charge on any atom is 0.155 e. The fraction of sp³-hybridized carbons (Fsp3) is 0.600. The summed E-state index contributed by atoms with van der Waals surface area (Å²) in [7, 11) is -3.24. The molecule has 0 atom stereocenters. The van der Waals surface area contributed by atoms with E-state index < -0.39 is 15.6 Å². The highest BCUT2D eigenvalue weighted by Crippen LogP contribution is 2.02. The van der Waals surface area contributed by atoms with Crippen LogP contribution >= 0.6 is 0 Å². The van der Waals surface area contributed by atoms with Gasteiger partial charge in [0.25, 0.3) is 0 Å². The molecule has 0 aliphatic rings. The van der Waals surface area contributed by atoms with E-state index >= 15 is 0 Å². The normalized spacial score (nSPS) is 11.6. The molecule has 1 aromatic heterocycles. The van der Waals surface area contributed by atoms with Crippen molar-refractivity contribution in [3.63, 3.8) is 0 Å².